The molecule has 2 N–H and O–H groups in total. The summed E-state index contributed by atoms with van der Waals surface area (Å²) in [5.41, 5.74) is -0.271. The van der Waals surface area contributed by atoms with Crippen molar-refractivity contribution in [2.45, 2.75) is 11.3 Å². The van der Waals surface area contributed by atoms with E-state index in [9.17, 15) is 22.8 Å². The van der Waals surface area contributed by atoms with Crippen LogP contribution >= 0.6 is 23.4 Å². The molecule has 0 unspecified atom stereocenters. The van der Waals surface area contributed by atoms with Crippen molar-refractivity contribution in [2.75, 3.05) is 12.3 Å². The topological polar surface area (TPSA) is 88.9 Å². The van der Waals surface area contributed by atoms with E-state index in [2.05, 4.69) is 27.4 Å². The number of benzene rings is 2. The van der Waals surface area contributed by atoms with Crippen molar-refractivity contribution >= 4 is 35.3 Å². The normalized spacial score (nSPS) is 11.2. The maximum atomic E-state index is 13.3. The number of hydrogen-bond acceptors (Lipinski definition) is 5. The number of imide groups is 1. The van der Waals surface area contributed by atoms with Crippen LogP contribution in [0.5, 0.6) is 0 Å². The number of halogens is 4. The first-order valence-electron chi connectivity index (χ1n) is 9.40. The fourth-order valence-electron chi connectivity index (χ4n) is 2.74. The second-order valence-corrected chi connectivity index (χ2v) is 7.85. The molecule has 0 radical (unpaired) electrons. The molecule has 0 bridgehead atoms. The molecule has 0 saturated carbocycles. The average molecular weight is 496 g/mol. The minimum absolute atomic E-state index is 0.136. The molecule has 0 spiro atoms. The highest BCUT2D eigenvalue weighted by molar-refractivity contribution is 7.99. The average Bonchev–Trinajstić information content (AvgIpc) is 3.20. The van der Waals surface area contributed by atoms with Gasteiger partial charge in [0.2, 0.25) is 5.91 Å². The van der Waals surface area contributed by atoms with Crippen LogP contribution in [0.3, 0.4) is 0 Å². The van der Waals surface area contributed by atoms with Crippen LogP contribution in [0, 0.1) is 0 Å². The molecule has 0 aliphatic heterocycles. The van der Waals surface area contributed by atoms with Gasteiger partial charge in [0.05, 0.1) is 22.0 Å². The molecule has 3 rings (SSSR count). The first-order valence-corrected chi connectivity index (χ1v) is 10.8. The van der Waals surface area contributed by atoms with Crippen molar-refractivity contribution in [3.05, 3.63) is 71.8 Å². The summed E-state index contributed by atoms with van der Waals surface area (Å²) in [6.07, 6.45) is -3.10. The summed E-state index contributed by atoms with van der Waals surface area (Å²) < 4.78 is 41.3. The van der Waals surface area contributed by atoms with Gasteiger partial charge in [-0.3, -0.25) is 14.7 Å². The summed E-state index contributed by atoms with van der Waals surface area (Å²) in [6.45, 7) is 3.63. The highest BCUT2D eigenvalue weighted by atomic mass is 35.5. The minimum Gasteiger partial charge on any atom is -0.334 e. The van der Waals surface area contributed by atoms with Gasteiger partial charge in [-0.15, -0.1) is 16.8 Å². The highest BCUT2D eigenvalue weighted by Crippen LogP contribution is 2.34. The molecule has 33 heavy (non-hydrogen) atoms. The Labute approximate surface area is 196 Å². The molecule has 3 amide bonds. The van der Waals surface area contributed by atoms with Gasteiger partial charge in [0.15, 0.2) is 11.0 Å². The van der Waals surface area contributed by atoms with Gasteiger partial charge in [0, 0.05) is 12.1 Å². The van der Waals surface area contributed by atoms with Gasteiger partial charge in [-0.1, -0.05) is 47.6 Å². The molecule has 0 fully saturated rings. The number of aromatic nitrogens is 3. The van der Waals surface area contributed by atoms with Gasteiger partial charge in [-0.05, 0) is 30.3 Å². The summed E-state index contributed by atoms with van der Waals surface area (Å²) in [7, 11) is 0. The molecular weight excluding hydrogens is 479 g/mol. The van der Waals surface area contributed by atoms with Gasteiger partial charge < -0.3 is 5.32 Å². The van der Waals surface area contributed by atoms with E-state index in [0.29, 0.717) is 10.6 Å². The second kappa shape index (κ2) is 10.5. The van der Waals surface area contributed by atoms with Crippen LogP contribution in [0.2, 0.25) is 5.02 Å². The minimum atomic E-state index is -4.55. The van der Waals surface area contributed by atoms with Crippen LogP contribution in [0.15, 0.2) is 66.3 Å². The third-order valence-electron chi connectivity index (χ3n) is 4.17. The number of urea groups is 1. The molecular formula is C21H17ClF3N5O2S. The quantitative estimate of drug-likeness (QED) is 0.366. The zero-order valence-electron chi connectivity index (χ0n) is 16.9. The smallest absolute Gasteiger partial charge is 0.334 e. The molecule has 0 atom stereocenters. The summed E-state index contributed by atoms with van der Waals surface area (Å²) in [5, 5.41) is 13.1. The van der Waals surface area contributed by atoms with Gasteiger partial charge >= 0.3 is 12.2 Å². The van der Waals surface area contributed by atoms with Crippen molar-refractivity contribution in [2.24, 2.45) is 0 Å². The van der Waals surface area contributed by atoms with E-state index in [1.807, 2.05) is 0 Å². The Morgan fingerprint density at radius 2 is 1.91 bits per heavy atom. The molecule has 1 heterocycles. The maximum absolute atomic E-state index is 13.3. The lowest BCUT2D eigenvalue weighted by molar-refractivity contribution is -0.137. The van der Waals surface area contributed by atoms with E-state index in [0.717, 1.165) is 23.9 Å². The van der Waals surface area contributed by atoms with Crippen molar-refractivity contribution < 1.29 is 22.8 Å². The third kappa shape index (κ3) is 6.14. The number of nitrogens with zero attached hydrogens (tertiary/aromatic N) is 3. The Balaban J connectivity index is 1.95. The van der Waals surface area contributed by atoms with E-state index >= 15 is 0 Å². The predicted octanol–water partition coefficient (Wildman–Crippen LogP) is 4.71. The summed E-state index contributed by atoms with van der Waals surface area (Å²) in [6, 6.07) is 10.6. The monoisotopic (exact) mass is 495 g/mol. The number of alkyl halides is 3. The Morgan fingerprint density at radius 3 is 2.61 bits per heavy atom. The standard InChI is InChI=1S/C21H17ClF3N5O2S/c1-2-10-26-19(32)27-17(31)12-33-20-29-28-18(15-8-3-4-9-16(15)22)30(20)14-7-5-6-13(11-14)21(23,24)25/h2-9,11H,1,10,12H2,(H2,26,27,31,32). The number of hydrogen-bond donors (Lipinski definition) is 2. The summed E-state index contributed by atoms with van der Waals surface area (Å²) >= 11 is 7.18. The number of rotatable bonds is 7. The van der Waals surface area contributed by atoms with Gasteiger partial charge in [-0.2, -0.15) is 13.2 Å². The Bertz CT molecular complexity index is 1180. The zero-order chi connectivity index (χ0) is 24.0. The largest absolute Gasteiger partial charge is 0.416 e. The molecule has 3 aromatic rings. The molecule has 7 nitrogen and oxygen atoms in total. The lowest BCUT2D eigenvalue weighted by atomic mass is 10.1. The highest BCUT2D eigenvalue weighted by Gasteiger charge is 2.31. The van der Waals surface area contributed by atoms with Crippen molar-refractivity contribution in [3.8, 4) is 17.1 Å². The van der Waals surface area contributed by atoms with Crippen LogP contribution in [0.1, 0.15) is 5.56 Å². The van der Waals surface area contributed by atoms with E-state index < -0.39 is 23.7 Å². The molecule has 0 aliphatic rings. The molecule has 172 valence electrons. The Morgan fingerprint density at radius 1 is 1.15 bits per heavy atom. The van der Waals surface area contributed by atoms with Crippen LogP contribution in [0.4, 0.5) is 18.0 Å². The zero-order valence-corrected chi connectivity index (χ0v) is 18.5. The number of nitrogens with one attached hydrogen (secondary N) is 2. The predicted molar refractivity (Wildman–Crippen MR) is 119 cm³/mol. The lowest BCUT2D eigenvalue weighted by Crippen LogP contribution is -2.40. The summed E-state index contributed by atoms with van der Waals surface area (Å²) in [4.78, 5) is 23.7. The van der Waals surface area contributed by atoms with E-state index in [-0.39, 0.29) is 29.0 Å². The van der Waals surface area contributed by atoms with Crippen molar-refractivity contribution in [3.63, 3.8) is 0 Å². The Hall–Kier alpha value is -3.31. The number of amides is 3. The van der Waals surface area contributed by atoms with E-state index in [1.54, 1.807) is 24.3 Å². The summed E-state index contributed by atoms with van der Waals surface area (Å²) in [5.74, 6) is -0.660. The number of carbonyl (C=O) groups is 2. The lowest BCUT2D eigenvalue weighted by Gasteiger charge is -2.13. The van der Waals surface area contributed by atoms with Gasteiger partial charge in [-0.25, -0.2) is 4.79 Å². The van der Waals surface area contributed by atoms with Crippen LogP contribution < -0.4 is 10.6 Å². The fraction of sp³-hybridized carbons (Fsp3) is 0.143. The number of thioether (sulfide) groups is 1. The molecule has 1 aromatic heterocycles. The van der Waals surface area contributed by atoms with Gasteiger partial charge in [0.25, 0.3) is 0 Å². The van der Waals surface area contributed by atoms with Crippen LogP contribution in [-0.4, -0.2) is 39.0 Å². The van der Waals surface area contributed by atoms with Crippen molar-refractivity contribution in [1.29, 1.82) is 0 Å². The molecule has 12 heteroatoms. The van der Waals surface area contributed by atoms with Crippen LogP contribution in [-0.2, 0) is 11.0 Å². The molecule has 0 saturated heterocycles. The fourth-order valence-corrected chi connectivity index (χ4v) is 3.71. The van der Waals surface area contributed by atoms with Gasteiger partial charge in [0.1, 0.15) is 0 Å². The SMILES string of the molecule is C=CCNC(=O)NC(=O)CSc1nnc(-c2ccccc2Cl)n1-c1cccc(C(F)(F)F)c1. The molecule has 0 aliphatic carbocycles. The van der Waals surface area contributed by atoms with E-state index in [4.69, 9.17) is 11.6 Å². The number of carbonyl (C=O) groups excluding carboxylic acids is 2. The second-order valence-electron chi connectivity index (χ2n) is 6.51. The van der Waals surface area contributed by atoms with Crippen molar-refractivity contribution in [1.82, 2.24) is 25.4 Å². The Kier molecular flexibility index (Phi) is 7.77. The maximum Gasteiger partial charge on any atom is 0.416 e. The van der Waals surface area contributed by atoms with E-state index in [1.165, 1.54) is 22.8 Å². The molecule has 2 aromatic carbocycles. The first-order chi connectivity index (χ1) is 15.7. The first kappa shape index (κ1) is 24.3. The van der Waals surface area contributed by atoms with Crippen LogP contribution in [0.25, 0.3) is 17.1 Å². The third-order valence-corrected chi connectivity index (χ3v) is 5.43.